The van der Waals surface area contributed by atoms with Crippen molar-refractivity contribution >= 4 is 11.6 Å². The summed E-state index contributed by atoms with van der Waals surface area (Å²) in [6.07, 6.45) is 6.37. The number of amides is 1. The summed E-state index contributed by atoms with van der Waals surface area (Å²) in [5.41, 5.74) is 1.57. The number of carbonyl (C=O) groups excluding carboxylic acids is 1. The largest absolute Gasteiger partial charge is 0.459 e. The number of hydrogen-bond donors (Lipinski definition) is 2. The fourth-order valence-electron chi connectivity index (χ4n) is 3.35. The number of unbranched alkanes of at least 4 members (excludes halogenated alkanes) is 1. The summed E-state index contributed by atoms with van der Waals surface area (Å²) < 4.78 is 22.5. The van der Waals surface area contributed by atoms with Gasteiger partial charge in [0, 0.05) is 25.1 Å². The first-order chi connectivity index (χ1) is 14.7. The number of pyridine rings is 1. The quantitative estimate of drug-likeness (QED) is 0.643. The average molecular weight is 412 g/mol. The maximum atomic E-state index is 12.8. The topological polar surface area (TPSA) is 99.1 Å². The van der Waals surface area contributed by atoms with Crippen LogP contribution >= 0.6 is 0 Å². The van der Waals surface area contributed by atoms with Gasteiger partial charge in [0.1, 0.15) is 0 Å². The third-order valence-corrected chi connectivity index (χ3v) is 4.88. The molecule has 8 heteroatoms. The van der Waals surface area contributed by atoms with Crippen LogP contribution in [0.25, 0.3) is 0 Å². The Hall–Kier alpha value is -3.10. The molecule has 2 aromatic rings. The van der Waals surface area contributed by atoms with Crippen LogP contribution in [0, 0.1) is 0 Å². The normalized spacial score (nSPS) is 19.7. The summed E-state index contributed by atoms with van der Waals surface area (Å²) in [7, 11) is 0. The molecule has 2 atom stereocenters. The van der Waals surface area contributed by atoms with Crippen molar-refractivity contribution in [2.75, 3.05) is 25.3 Å². The number of aromatic nitrogens is 1. The predicted octanol–water partition coefficient (Wildman–Crippen LogP) is 2.95. The van der Waals surface area contributed by atoms with E-state index >= 15 is 0 Å². The summed E-state index contributed by atoms with van der Waals surface area (Å²) in [5, 5.41) is 11.7. The Balaban J connectivity index is 1.52. The molecule has 0 saturated carbocycles. The minimum atomic E-state index is -0.571. The van der Waals surface area contributed by atoms with Crippen LogP contribution in [0.15, 0.2) is 54.6 Å². The second-order valence-corrected chi connectivity index (χ2v) is 7.03. The van der Waals surface area contributed by atoms with Crippen LogP contribution in [-0.2, 0) is 14.3 Å². The SMILES string of the molecule is O=C(Nc1cccnc1)C1=C[C@H](c2ccc3c(c2)OCO3)C[C@H](OCCCCO)O1. The highest BCUT2D eigenvalue weighted by atomic mass is 16.7. The number of anilines is 1. The summed E-state index contributed by atoms with van der Waals surface area (Å²) >= 11 is 0. The van der Waals surface area contributed by atoms with Gasteiger partial charge < -0.3 is 29.4 Å². The molecule has 0 unspecified atom stereocenters. The van der Waals surface area contributed by atoms with Crippen molar-refractivity contribution < 1.29 is 28.8 Å². The molecule has 0 radical (unpaired) electrons. The van der Waals surface area contributed by atoms with Crippen LogP contribution in [0.4, 0.5) is 5.69 Å². The van der Waals surface area contributed by atoms with Gasteiger partial charge in [-0.25, -0.2) is 0 Å². The molecule has 1 aromatic carbocycles. The van der Waals surface area contributed by atoms with E-state index in [0.717, 1.165) is 5.56 Å². The van der Waals surface area contributed by atoms with Gasteiger partial charge in [-0.3, -0.25) is 9.78 Å². The zero-order chi connectivity index (χ0) is 20.8. The lowest BCUT2D eigenvalue weighted by Crippen LogP contribution is -2.29. The van der Waals surface area contributed by atoms with Crippen LogP contribution in [0.5, 0.6) is 11.5 Å². The minimum Gasteiger partial charge on any atom is -0.459 e. The molecular weight excluding hydrogens is 388 g/mol. The molecule has 158 valence electrons. The summed E-state index contributed by atoms with van der Waals surface area (Å²) in [4.78, 5) is 16.8. The molecule has 0 bridgehead atoms. The summed E-state index contributed by atoms with van der Waals surface area (Å²) in [5.74, 6) is 1.14. The van der Waals surface area contributed by atoms with Gasteiger partial charge >= 0.3 is 0 Å². The smallest absolute Gasteiger partial charge is 0.290 e. The Labute approximate surface area is 174 Å². The van der Waals surface area contributed by atoms with E-state index in [1.165, 1.54) is 0 Å². The number of ether oxygens (including phenoxy) is 4. The summed E-state index contributed by atoms with van der Waals surface area (Å²) in [6.45, 7) is 0.766. The fraction of sp³-hybridized carbons (Fsp3) is 0.364. The van der Waals surface area contributed by atoms with E-state index in [-0.39, 0.29) is 31.0 Å². The molecule has 0 spiro atoms. The summed E-state index contributed by atoms with van der Waals surface area (Å²) in [6, 6.07) is 9.25. The van der Waals surface area contributed by atoms with Crippen molar-refractivity contribution in [1.29, 1.82) is 0 Å². The second-order valence-electron chi connectivity index (χ2n) is 7.03. The number of aliphatic hydroxyl groups is 1. The molecule has 2 N–H and O–H groups in total. The number of hydrogen-bond acceptors (Lipinski definition) is 7. The maximum Gasteiger partial charge on any atom is 0.290 e. The molecule has 3 heterocycles. The van der Waals surface area contributed by atoms with Crippen molar-refractivity contribution in [2.45, 2.75) is 31.5 Å². The highest BCUT2D eigenvalue weighted by molar-refractivity contribution is 6.02. The number of allylic oxidation sites excluding steroid dienone is 1. The van der Waals surface area contributed by atoms with Crippen molar-refractivity contribution in [1.82, 2.24) is 4.98 Å². The predicted molar refractivity (Wildman–Crippen MR) is 108 cm³/mol. The highest BCUT2D eigenvalue weighted by Gasteiger charge is 2.29. The van der Waals surface area contributed by atoms with E-state index in [1.807, 2.05) is 18.2 Å². The van der Waals surface area contributed by atoms with Crippen molar-refractivity contribution in [2.24, 2.45) is 0 Å². The molecule has 2 aliphatic heterocycles. The van der Waals surface area contributed by atoms with Gasteiger partial charge in [0.15, 0.2) is 17.3 Å². The molecule has 2 aliphatic rings. The van der Waals surface area contributed by atoms with E-state index in [0.29, 0.717) is 43.1 Å². The van der Waals surface area contributed by atoms with Crippen molar-refractivity contribution in [3.05, 3.63) is 60.1 Å². The highest BCUT2D eigenvalue weighted by Crippen LogP contribution is 2.38. The Bertz CT molecular complexity index is 902. The van der Waals surface area contributed by atoms with E-state index in [1.54, 1.807) is 30.6 Å². The molecule has 1 amide bonds. The van der Waals surface area contributed by atoms with Crippen molar-refractivity contribution in [3.8, 4) is 11.5 Å². The Morgan fingerprint density at radius 3 is 2.97 bits per heavy atom. The maximum absolute atomic E-state index is 12.8. The molecule has 1 aromatic heterocycles. The molecular formula is C22H24N2O6. The third kappa shape index (κ3) is 4.90. The number of benzene rings is 1. The van der Waals surface area contributed by atoms with Crippen LogP contribution in [0.1, 0.15) is 30.7 Å². The van der Waals surface area contributed by atoms with E-state index in [2.05, 4.69) is 10.3 Å². The molecule has 8 nitrogen and oxygen atoms in total. The van der Waals surface area contributed by atoms with Crippen LogP contribution in [-0.4, -0.2) is 42.3 Å². The Kier molecular flexibility index (Phi) is 6.46. The van der Waals surface area contributed by atoms with Crippen LogP contribution in [0.3, 0.4) is 0 Å². The number of carbonyl (C=O) groups is 1. The lowest BCUT2D eigenvalue weighted by atomic mass is 9.92. The van der Waals surface area contributed by atoms with Gasteiger partial charge in [-0.05, 0) is 48.7 Å². The van der Waals surface area contributed by atoms with Crippen LogP contribution in [0.2, 0.25) is 0 Å². The molecule has 0 fully saturated rings. The van der Waals surface area contributed by atoms with E-state index < -0.39 is 6.29 Å². The average Bonchev–Trinajstić information content (AvgIpc) is 3.25. The van der Waals surface area contributed by atoms with Crippen LogP contribution < -0.4 is 14.8 Å². The molecule has 0 aliphatic carbocycles. The Morgan fingerprint density at radius 2 is 2.13 bits per heavy atom. The van der Waals surface area contributed by atoms with E-state index in [4.69, 9.17) is 24.1 Å². The second kappa shape index (κ2) is 9.60. The van der Waals surface area contributed by atoms with Gasteiger partial charge in [-0.2, -0.15) is 0 Å². The standard InChI is InChI=1S/C22H24N2O6/c25-8-1-2-9-27-21-12-16(15-5-6-18-19(10-15)29-14-28-18)11-20(30-21)22(26)24-17-4-3-7-23-13-17/h3-7,10-11,13,16,21,25H,1-2,8-9,12,14H2,(H,24,26)/t16-,21+/m0/s1. The van der Waals surface area contributed by atoms with Crippen molar-refractivity contribution in [3.63, 3.8) is 0 Å². The number of fused-ring (bicyclic) bond motifs is 1. The van der Waals surface area contributed by atoms with Gasteiger partial charge in [0.2, 0.25) is 13.1 Å². The van der Waals surface area contributed by atoms with Gasteiger partial charge in [-0.15, -0.1) is 0 Å². The van der Waals surface area contributed by atoms with Gasteiger partial charge in [-0.1, -0.05) is 6.07 Å². The number of rotatable bonds is 8. The molecule has 30 heavy (non-hydrogen) atoms. The first-order valence-corrected chi connectivity index (χ1v) is 9.95. The van der Waals surface area contributed by atoms with E-state index in [9.17, 15) is 4.79 Å². The lowest BCUT2D eigenvalue weighted by molar-refractivity contribution is -0.143. The minimum absolute atomic E-state index is 0.0919. The number of nitrogens with zero attached hydrogens (tertiary/aromatic N) is 1. The number of nitrogens with one attached hydrogen (secondary N) is 1. The van der Waals surface area contributed by atoms with Gasteiger partial charge in [0.25, 0.3) is 5.91 Å². The Morgan fingerprint density at radius 1 is 1.23 bits per heavy atom. The zero-order valence-corrected chi connectivity index (χ0v) is 16.5. The van der Waals surface area contributed by atoms with Gasteiger partial charge in [0.05, 0.1) is 18.5 Å². The fourth-order valence-corrected chi connectivity index (χ4v) is 3.35. The zero-order valence-electron chi connectivity index (χ0n) is 16.5. The molecule has 0 saturated heterocycles. The first kappa shape index (κ1) is 20.2. The monoisotopic (exact) mass is 412 g/mol. The third-order valence-electron chi connectivity index (χ3n) is 4.88. The first-order valence-electron chi connectivity index (χ1n) is 9.95. The lowest BCUT2D eigenvalue weighted by Gasteiger charge is -2.29. The molecule has 4 rings (SSSR count). The number of aliphatic hydroxyl groups excluding tert-OH is 1.